The highest BCUT2D eigenvalue weighted by molar-refractivity contribution is 7.99. The molecule has 0 radical (unpaired) electrons. The summed E-state index contributed by atoms with van der Waals surface area (Å²) >= 11 is 1.80. The Morgan fingerprint density at radius 2 is 2.23 bits per heavy atom. The molecule has 0 bridgehead atoms. The van der Waals surface area contributed by atoms with Gasteiger partial charge < -0.3 is 10.8 Å². The topological polar surface area (TPSA) is 63.3 Å². The Kier molecular flexibility index (Phi) is 7.09. The van der Waals surface area contributed by atoms with Crippen LogP contribution in [0.25, 0.3) is 0 Å². The van der Waals surface area contributed by atoms with E-state index in [0.717, 1.165) is 17.9 Å². The van der Waals surface area contributed by atoms with Crippen molar-refractivity contribution in [2.24, 2.45) is 11.7 Å². The Hall–Kier alpha value is -0.220. The highest BCUT2D eigenvalue weighted by Gasteiger charge is 2.11. The van der Waals surface area contributed by atoms with Crippen LogP contribution >= 0.6 is 11.8 Å². The Morgan fingerprint density at radius 3 is 2.69 bits per heavy atom. The van der Waals surface area contributed by atoms with Gasteiger partial charge in [0.2, 0.25) is 0 Å². The zero-order valence-corrected chi connectivity index (χ0v) is 9.14. The Bertz CT molecular complexity index is 153. The second-order valence-corrected chi connectivity index (χ2v) is 4.68. The molecule has 78 valence electrons. The predicted octanol–water partition coefficient (Wildman–Crippen LogP) is 1.57. The lowest BCUT2D eigenvalue weighted by molar-refractivity contribution is -0.138. The Balaban J connectivity index is 3.52. The molecule has 13 heavy (non-hydrogen) atoms. The van der Waals surface area contributed by atoms with E-state index in [0.29, 0.717) is 0 Å². The van der Waals surface area contributed by atoms with Gasteiger partial charge in [-0.15, -0.1) is 0 Å². The fourth-order valence-electron chi connectivity index (χ4n) is 1.24. The van der Waals surface area contributed by atoms with E-state index in [-0.39, 0.29) is 18.4 Å². The molecule has 0 saturated heterocycles. The smallest absolute Gasteiger partial charge is 0.303 e. The Morgan fingerprint density at radius 1 is 1.62 bits per heavy atom. The largest absolute Gasteiger partial charge is 0.481 e. The SMILES string of the molecule is CCSC[C@@H](N)C[C@H](C)CC(=O)O. The lowest BCUT2D eigenvalue weighted by Crippen LogP contribution is -2.26. The zero-order valence-electron chi connectivity index (χ0n) is 8.32. The maximum atomic E-state index is 10.4. The number of hydrogen-bond donors (Lipinski definition) is 2. The fourth-order valence-corrected chi connectivity index (χ4v) is 1.91. The molecule has 3 N–H and O–H groups in total. The maximum Gasteiger partial charge on any atom is 0.303 e. The molecule has 0 heterocycles. The molecule has 0 aliphatic carbocycles. The molecule has 0 aromatic rings. The van der Waals surface area contributed by atoms with Crippen molar-refractivity contribution in [1.29, 1.82) is 0 Å². The highest BCUT2D eigenvalue weighted by atomic mass is 32.2. The van der Waals surface area contributed by atoms with Crippen molar-refractivity contribution >= 4 is 17.7 Å². The van der Waals surface area contributed by atoms with Crippen LogP contribution < -0.4 is 5.73 Å². The number of nitrogens with two attached hydrogens (primary N) is 1. The van der Waals surface area contributed by atoms with Gasteiger partial charge in [-0.05, 0) is 18.1 Å². The minimum Gasteiger partial charge on any atom is -0.481 e. The molecule has 4 heteroatoms. The normalized spacial score (nSPS) is 15.3. The lowest BCUT2D eigenvalue weighted by atomic mass is 10.00. The summed E-state index contributed by atoms with van der Waals surface area (Å²) < 4.78 is 0. The summed E-state index contributed by atoms with van der Waals surface area (Å²) in [5, 5.41) is 8.53. The molecule has 0 spiro atoms. The van der Waals surface area contributed by atoms with Crippen molar-refractivity contribution in [2.75, 3.05) is 11.5 Å². The van der Waals surface area contributed by atoms with Gasteiger partial charge in [0.15, 0.2) is 0 Å². The number of carbonyl (C=O) groups is 1. The summed E-state index contributed by atoms with van der Waals surface area (Å²) in [6.07, 6.45) is 1.03. The van der Waals surface area contributed by atoms with Crippen molar-refractivity contribution in [3.63, 3.8) is 0 Å². The van der Waals surface area contributed by atoms with Gasteiger partial charge in [-0.2, -0.15) is 11.8 Å². The summed E-state index contributed by atoms with van der Waals surface area (Å²) in [7, 11) is 0. The number of thioether (sulfide) groups is 1. The molecular formula is C9H19NO2S. The number of aliphatic carboxylic acids is 1. The molecule has 0 aromatic carbocycles. The zero-order chi connectivity index (χ0) is 10.3. The average molecular weight is 205 g/mol. The first-order chi connectivity index (χ1) is 6.06. The Labute approximate surface area is 84.1 Å². The van der Waals surface area contributed by atoms with E-state index in [1.807, 2.05) is 6.92 Å². The maximum absolute atomic E-state index is 10.4. The fraction of sp³-hybridized carbons (Fsp3) is 0.889. The quantitative estimate of drug-likeness (QED) is 0.662. The first-order valence-corrected chi connectivity index (χ1v) is 5.76. The number of carboxylic acid groups (broad SMARTS) is 1. The molecule has 2 atom stereocenters. The van der Waals surface area contributed by atoms with Crippen molar-refractivity contribution in [3.05, 3.63) is 0 Å². The van der Waals surface area contributed by atoms with Gasteiger partial charge in [-0.1, -0.05) is 13.8 Å². The number of carboxylic acids is 1. The first-order valence-electron chi connectivity index (χ1n) is 4.61. The summed E-state index contributed by atoms with van der Waals surface area (Å²) in [5.41, 5.74) is 5.82. The van der Waals surface area contributed by atoms with Crippen molar-refractivity contribution in [1.82, 2.24) is 0 Å². The molecule has 0 rings (SSSR count). The van der Waals surface area contributed by atoms with Crippen molar-refractivity contribution < 1.29 is 9.90 Å². The van der Waals surface area contributed by atoms with Crippen LogP contribution in [0.3, 0.4) is 0 Å². The standard InChI is InChI=1S/C9H19NO2S/c1-3-13-6-8(10)4-7(2)5-9(11)12/h7-8H,3-6,10H2,1-2H3,(H,11,12)/t7-,8-/m0/s1. The van der Waals surface area contributed by atoms with Crippen LogP contribution in [0.15, 0.2) is 0 Å². The molecule has 0 amide bonds. The van der Waals surface area contributed by atoms with Gasteiger partial charge in [0.25, 0.3) is 0 Å². The average Bonchev–Trinajstić information content (AvgIpc) is 1.98. The van der Waals surface area contributed by atoms with Gasteiger partial charge in [0.1, 0.15) is 0 Å². The molecule has 3 nitrogen and oxygen atoms in total. The third-order valence-electron chi connectivity index (χ3n) is 1.76. The third kappa shape index (κ3) is 8.12. The van der Waals surface area contributed by atoms with Crippen LogP contribution in [0.5, 0.6) is 0 Å². The molecule has 0 saturated carbocycles. The molecular weight excluding hydrogens is 186 g/mol. The number of rotatable bonds is 7. The van der Waals surface area contributed by atoms with E-state index in [9.17, 15) is 4.79 Å². The molecule has 0 fully saturated rings. The third-order valence-corrected chi connectivity index (χ3v) is 2.84. The molecule has 0 aliphatic heterocycles. The van der Waals surface area contributed by atoms with Gasteiger partial charge >= 0.3 is 5.97 Å². The second kappa shape index (κ2) is 7.21. The minimum absolute atomic E-state index is 0.138. The number of hydrogen-bond acceptors (Lipinski definition) is 3. The summed E-state index contributed by atoms with van der Waals surface area (Å²) in [4.78, 5) is 10.4. The molecule has 0 aliphatic rings. The van der Waals surface area contributed by atoms with E-state index in [1.165, 1.54) is 0 Å². The van der Waals surface area contributed by atoms with E-state index >= 15 is 0 Å². The van der Waals surface area contributed by atoms with Crippen LogP contribution in [0, 0.1) is 5.92 Å². The van der Waals surface area contributed by atoms with Crippen LogP contribution in [0.1, 0.15) is 26.7 Å². The monoisotopic (exact) mass is 205 g/mol. The lowest BCUT2D eigenvalue weighted by Gasteiger charge is -2.14. The van der Waals surface area contributed by atoms with Gasteiger partial charge in [-0.3, -0.25) is 4.79 Å². The van der Waals surface area contributed by atoms with Gasteiger partial charge in [0.05, 0.1) is 0 Å². The van der Waals surface area contributed by atoms with Crippen LogP contribution in [0.2, 0.25) is 0 Å². The summed E-state index contributed by atoms with van der Waals surface area (Å²) in [6.45, 7) is 4.03. The van der Waals surface area contributed by atoms with E-state index in [1.54, 1.807) is 11.8 Å². The highest BCUT2D eigenvalue weighted by Crippen LogP contribution is 2.12. The van der Waals surface area contributed by atoms with Crippen molar-refractivity contribution in [3.8, 4) is 0 Å². The summed E-state index contributed by atoms with van der Waals surface area (Å²) in [6, 6.07) is 0.138. The molecule has 0 unspecified atom stereocenters. The minimum atomic E-state index is -0.733. The van der Waals surface area contributed by atoms with E-state index < -0.39 is 5.97 Å². The predicted molar refractivity (Wildman–Crippen MR) is 57.0 cm³/mol. The second-order valence-electron chi connectivity index (χ2n) is 3.36. The van der Waals surface area contributed by atoms with E-state index in [2.05, 4.69) is 6.92 Å². The summed E-state index contributed by atoms with van der Waals surface area (Å²) in [5.74, 6) is 1.45. The van der Waals surface area contributed by atoms with Crippen LogP contribution in [-0.4, -0.2) is 28.6 Å². The van der Waals surface area contributed by atoms with Gasteiger partial charge in [-0.25, -0.2) is 0 Å². The van der Waals surface area contributed by atoms with Gasteiger partial charge in [0, 0.05) is 18.2 Å². The first kappa shape index (κ1) is 12.8. The molecule has 0 aromatic heterocycles. The van der Waals surface area contributed by atoms with E-state index in [4.69, 9.17) is 10.8 Å². The van der Waals surface area contributed by atoms with Crippen LogP contribution in [0.4, 0.5) is 0 Å². The van der Waals surface area contributed by atoms with Crippen LogP contribution in [-0.2, 0) is 4.79 Å². The van der Waals surface area contributed by atoms with Crippen molar-refractivity contribution in [2.45, 2.75) is 32.7 Å².